The monoisotopic (exact) mass is 359 g/mol. The summed E-state index contributed by atoms with van der Waals surface area (Å²) in [6.07, 6.45) is 1.74. The van der Waals surface area contributed by atoms with Gasteiger partial charge in [-0.2, -0.15) is 5.10 Å². The number of aliphatic hydroxyl groups is 1. The van der Waals surface area contributed by atoms with E-state index in [9.17, 15) is 9.90 Å². The van der Waals surface area contributed by atoms with Crippen LogP contribution >= 0.6 is 11.3 Å². The maximum Gasteiger partial charge on any atom is 0.266 e. The number of aromatic amines is 1. The Morgan fingerprint density at radius 2 is 2.20 bits per heavy atom. The second kappa shape index (κ2) is 5.27. The van der Waals surface area contributed by atoms with Gasteiger partial charge in [0.15, 0.2) is 0 Å². The Balaban J connectivity index is 2.01. The highest BCUT2D eigenvalue weighted by atomic mass is 32.1. The summed E-state index contributed by atoms with van der Waals surface area (Å²) in [4.78, 5) is 16.6. The molecule has 4 heterocycles. The molecule has 0 saturated heterocycles. The first kappa shape index (κ1) is 16.5. The Bertz CT molecular complexity index is 1020. The van der Waals surface area contributed by atoms with Gasteiger partial charge in [-0.25, -0.2) is 0 Å². The van der Waals surface area contributed by atoms with Crippen LogP contribution in [0.25, 0.3) is 20.7 Å². The minimum absolute atomic E-state index is 0.170. The van der Waals surface area contributed by atoms with E-state index in [-0.39, 0.29) is 12.2 Å². The summed E-state index contributed by atoms with van der Waals surface area (Å²) in [5.41, 5.74) is 0.525. The molecule has 1 aliphatic heterocycles. The molecule has 0 aliphatic carbocycles. The van der Waals surface area contributed by atoms with Gasteiger partial charge >= 0.3 is 0 Å². The quantitative estimate of drug-likeness (QED) is 0.700. The molecule has 2 N–H and O–H groups in total. The maximum atomic E-state index is 12.7. The van der Waals surface area contributed by atoms with E-state index in [1.165, 1.54) is 11.3 Å². The van der Waals surface area contributed by atoms with E-state index in [2.05, 4.69) is 10.1 Å². The van der Waals surface area contributed by atoms with Crippen LogP contribution in [0.5, 0.6) is 0 Å². The van der Waals surface area contributed by atoms with E-state index < -0.39 is 11.0 Å². The Morgan fingerprint density at radius 3 is 2.84 bits per heavy atom. The third kappa shape index (κ3) is 2.30. The summed E-state index contributed by atoms with van der Waals surface area (Å²) in [6.45, 7) is 6.39. The summed E-state index contributed by atoms with van der Waals surface area (Å²) < 4.78 is 8.16. The van der Waals surface area contributed by atoms with Crippen molar-refractivity contribution >= 4 is 21.4 Å². The van der Waals surface area contributed by atoms with E-state index in [1.807, 2.05) is 40.0 Å². The highest BCUT2D eigenvalue weighted by molar-refractivity contribution is 7.22. The second-order valence-corrected chi connectivity index (χ2v) is 8.66. The average Bonchev–Trinajstić information content (AvgIpc) is 3.14. The van der Waals surface area contributed by atoms with E-state index in [4.69, 9.17) is 4.74 Å². The van der Waals surface area contributed by atoms with Crippen molar-refractivity contribution in [3.05, 3.63) is 39.9 Å². The van der Waals surface area contributed by atoms with Crippen LogP contribution in [0.3, 0.4) is 0 Å². The molecule has 0 fully saturated rings. The average molecular weight is 359 g/mol. The first-order valence-electron chi connectivity index (χ1n) is 8.20. The molecule has 132 valence electrons. The number of rotatable bonds is 1. The lowest BCUT2D eigenvalue weighted by atomic mass is 9.72. The summed E-state index contributed by atoms with van der Waals surface area (Å²) in [5, 5.41) is 16.3. The number of pyridine rings is 1. The molecule has 0 radical (unpaired) electrons. The van der Waals surface area contributed by atoms with Gasteiger partial charge in [0.2, 0.25) is 0 Å². The van der Waals surface area contributed by atoms with Gasteiger partial charge in [0.1, 0.15) is 10.3 Å². The predicted octanol–water partition coefficient (Wildman–Crippen LogP) is 2.75. The Hall–Kier alpha value is -1.96. The number of nitrogens with one attached hydrogen (secondary N) is 1. The van der Waals surface area contributed by atoms with Crippen LogP contribution in [0.4, 0.5) is 0 Å². The van der Waals surface area contributed by atoms with Gasteiger partial charge in [-0.05, 0) is 17.5 Å². The van der Waals surface area contributed by atoms with Gasteiger partial charge in [-0.1, -0.05) is 20.8 Å². The fraction of sp³-hybridized carbons (Fsp3) is 0.444. The summed E-state index contributed by atoms with van der Waals surface area (Å²) in [5.74, 6) is 0. The zero-order valence-corrected chi connectivity index (χ0v) is 15.5. The largest absolute Gasteiger partial charge is 0.381 e. The Morgan fingerprint density at radius 1 is 1.44 bits per heavy atom. The van der Waals surface area contributed by atoms with Crippen LogP contribution in [0.2, 0.25) is 0 Å². The smallest absolute Gasteiger partial charge is 0.266 e. The van der Waals surface area contributed by atoms with E-state index in [1.54, 1.807) is 10.9 Å². The molecule has 0 bridgehead atoms. The van der Waals surface area contributed by atoms with Crippen molar-refractivity contribution in [1.82, 2.24) is 14.8 Å². The number of fused-ring (bicyclic) bond motifs is 3. The van der Waals surface area contributed by atoms with Gasteiger partial charge in [0.05, 0.1) is 29.5 Å². The van der Waals surface area contributed by atoms with Crippen molar-refractivity contribution < 1.29 is 9.84 Å². The first-order chi connectivity index (χ1) is 11.7. The topological polar surface area (TPSA) is 80.1 Å². The summed E-state index contributed by atoms with van der Waals surface area (Å²) in [7, 11) is 1.88. The minimum atomic E-state index is -1.23. The zero-order valence-electron chi connectivity index (χ0n) is 14.7. The molecule has 7 heteroatoms. The molecule has 1 atom stereocenters. The van der Waals surface area contributed by atoms with Crippen molar-refractivity contribution in [2.75, 3.05) is 6.61 Å². The SMILES string of the molecule is Cn1nccc1-c1cc2c3c([nH]c(=O)c2s1)C(O)(C(C)(C)C)COC3. The summed E-state index contributed by atoms with van der Waals surface area (Å²) >= 11 is 1.43. The number of aryl methyl sites for hydroxylation is 1. The lowest BCUT2D eigenvalue weighted by Gasteiger charge is -2.43. The molecule has 0 amide bonds. The van der Waals surface area contributed by atoms with Crippen LogP contribution in [-0.2, 0) is 24.0 Å². The highest BCUT2D eigenvalue weighted by Gasteiger charge is 2.47. The summed E-state index contributed by atoms with van der Waals surface area (Å²) in [6, 6.07) is 3.93. The number of aromatic nitrogens is 3. The van der Waals surface area contributed by atoms with E-state index in [0.717, 1.165) is 21.5 Å². The van der Waals surface area contributed by atoms with Gasteiger partial charge in [0.25, 0.3) is 5.56 Å². The first-order valence-corrected chi connectivity index (χ1v) is 9.02. The van der Waals surface area contributed by atoms with Crippen LogP contribution in [0, 0.1) is 5.41 Å². The van der Waals surface area contributed by atoms with Gasteiger partial charge in [0, 0.05) is 24.2 Å². The molecule has 6 nitrogen and oxygen atoms in total. The Kier molecular flexibility index (Phi) is 3.48. The minimum Gasteiger partial charge on any atom is -0.381 e. The molecular weight excluding hydrogens is 338 g/mol. The van der Waals surface area contributed by atoms with Crippen LogP contribution in [0.1, 0.15) is 32.0 Å². The standard InChI is InChI=1S/C18H21N3O3S/c1-17(2,3)18(23)9-24-8-11-10-7-13(12-5-6-19-21(12)4)25-14(10)16(22)20-15(11)18/h5-7,23H,8-9H2,1-4H3,(H,20,22). The number of hydrogen-bond acceptors (Lipinski definition) is 5. The predicted molar refractivity (Wildman–Crippen MR) is 97.7 cm³/mol. The third-order valence-electron chi connectivity index (χ3n) is 5.09. The molecule has 3 aromatic heterocycles. The van der Waals surface area contributed by atoms with Gasteiger partial charge < -0.3 is 14.8 Å². The lowest BCUT2D eigenvalue weighted by Crippen LogP contribution is -2.48. The van der Waals surface area contributed by atoms with Crippen molar-refractivity contribution in [2.24, 2.45) is 12.5 Å². The van der Waals surface area contributed by atoms with Gasteiger partial charge in [-0.3, -0.25) is 9.48 Å². The van der Waals surface area contributed by atoms with Crippen LogP contribution < -0.4 is 5.56 Å². The van der Waals surface area contributed by atoms with Crippen molar-refractivity contribution in [3.63, 3.8) is 0 Å². The fourth-order valence-corrected chi connectivity index (χ4v) is 4.51. The van der Waals surface area contributed by atoms with Crippen molar-refractivity contribution in [3.8, 4) is 10.6 Å². The molecule has 1 unspecified atom stereocenters. The second-order valence-electron chi connectivity index (χ2n) is 7.60. The maximum absolute atomic E-state index is 12.7. The van der Waals surface area contributed by atoms with Crippen molar-refractivity contribution in [1.29, 1.82) is 0 Å². The number of ether oxygens (including phenoxy) is 1. The molecule has 3 aromatic rings. The molecule has 0 spiro atoms. The van der Waals surface area contributed by atoms with Crippen LogP contribution in [0.15, 0.2) is 23.1 Å². The van der Waals surface area contributed by atoms with Gasteiger partial charge in [-0.15, -0.1) is 11.3 Å². The van der Waals surface area contributed by atoms with E-state index >= 15 is 0 Å². The number of hydrogen-bond donors (Lipinski definition) is 2. The molecular formula is C18H21N3O3S. The Labute approximate surface area is 149 Å². The molecule has 25 heavy (non-hydrogen) atoms. The van der Waals surface area contributed by atoms with Crippen LogP contribution in [-0.4, -0.2) is 26.5 Å². The molecule has 1 aliphatic rings. The molecule has 0 saturated carbocycles. The zero-order chi connectivity index (χ0) is 18.0. The lowest BCUT2D eigenvalue weighted by molar-refractivity contribution is -0.139. The molecule has 4 rings (SSSR count). The molecule has 0 aromatic carbocycles. The van der Waals surface area contributed by atoms with Crippen molar-refractivity contribution in [2.45, 2.75) is 33.0 Å². The number of nitrogens with zero attached hydrogens (tertiary/aromatic N) is 2. The van der Waals surface area contributed by atoms with E-state index in [0.29, 0.717) is 17.0 Å². The number of thiophene rings is 1. The number of H-pyrrole nitrogens is 1. The normalized spacial score (nSPS) is 20.8. The highest BCUT2D eigenvalue weighted by Crippen LogP contribution is 2.45. The third-order valence-corrected chi connectivity index (χ3v) is 6.25. The fourth-order valence-electron chi connectivity index (χ4n) is 3.37.